The Hall–Kier alpha value is -0.0800. The van der Waals surface area contributed by atoms with Gasteiger partial charge in [-0.2, -0.15) is 0 Å². The molecule has 0 aliphatic heterocycles. The molecule has 0 bridgehead atoms. The van der Waals surface area contributed by atoms with Gasteiger partial charge >= 0.3 is 0 Å². The lowest BCUT2D eigenvalue weighted by Crippen LogP contribution is -2.14. The molecule has 0 N–H and O–H groups in total. The Labute approximate surface area is 127 Å². The van der Waals surface area contributed by atoms with Crippen molar-refractivity contribution >= 4 is 0 Å². The van der Waals surface area contributed by atoms with E-state index in [4.69, 9.17) is 9.78 Å². The van der Waals surface area contributed by atoms with Crippen LogP contribution in [0.15, 0.2) is 0 Å². The van der Waals surface area contributed by atoms with Crippen molar-refractivity contribution in [3.05, 3.63) is 0 Å². The number of unbranched alkanes of at least 4 members (excludes halogenated alkanes) is 8. The lowest BCUT2D eigenvalue weighted by atomic mass is 10.0. The van der Waals surface area contributed by atoms with Gasteiger partial charge in [0.1, 0.15) is 0 Å². The third-order valence-electron chi connectivity index (χ3n) is 3.79. The lowest BCUT2D eigenvalue weighted by molar-refractivity contribution is -0.326. The molecule has 0 aromatic carbocycles. The van der Waals surface area contributed by atoms with Gasteiger partial charge in [-0.05, 0) is 19.3 Å². The van der Waals surface area contributed by atoms with Gasteiger partial charge < -0.3 is 0 Å². The molecule has 0 saturated carbocycles. The van der Waals surface area contributed by atoms with Crippen molar-refractivity contribution in [2.75, 3.05) is 6.61 Å². The summed E-state index contributed by atoms with van der Waals surface area (Å²) in [5, 5.41) is 0. The molecule has 1 atom stereocenters. The van der Waals surface area contributed by atoms with Crippen LogP contribution in [0.1, 0.15) is 104 Å². The maximum atomic E-state index is 5.59. The topological polar surface area (TPSA) is 18.5 Å². The predicted molar refractivity (Wildman–Crippen MR) is 87.9 cm³/mol. The summed E-state index contributed by atoms with van der Waals surface area (Å²) >= 11 is 0. The van der Waals surface area contributed by atoms with E-state index in [1.165, 1.54) is 70.6 Å². The van der Waals surface area contributed by atoms with E-state index in [-0.39, 0.29) is 0 Å². The average Bonchev–Trinajstić information content (AvgIpc) is 2.47. The standard InChI is InChI=1S/C18H38O2/c1-4-7-10-11-12-13-14-16-18(15-8-5-2)20-19-17-9-6-3/h18H,4-17H2,1-3H3. The monoisotopic (exact) mass is 286 g/mol. The molecule has 20 heavy (non-hydrogen) atoms. The summed E-state index contributed by atoms with van der Waals surface area (Å²) in [5.74, 6) is 0. The Morgan fingerprint density at radius 3 is 1.80 bits per heavy atom. The molecule has 0 aromatic rings. The lowest BCUT2D eigenvalue weighted by Gasteiger charge is -2.16. The van der Waals surface area contributed by atoms with Crippen molar-refractivity contribution in [2.45, 2.75) is 110 Å². The van der Waals surface area contributed by atoms with Crippen LogP contribution in [0, 0.1) is 0 Å². The maximum absolute atomic E-state index is 5.59. The molecule has 0 radical (unpaired) electrons. The summed E-state index contributed by atoms with van der Waals surface area (Å²) in [4.78, 5) is 10.9. The first-order chi connectivity index (χ1) is 9.85. The molecular formula is C18H38O2. The largest absolute Gasteiger partial charge is 0.236 e. The predicted octanol–water partition coefficient (Wildman–Crippen LogP) is 6.43. The fourth-order valence-electron chi connectivity index (χ4n) is 2.35. The van der Waals surface area contributed by atoms with Crippen LogP contribution in [-0.2, 0) is 9.78 Å². The summed E-state index contributed by atoms with van der Waals surface area (Å²) in [6, 6.07) is 0. The van der Waals surface area contributed by atoms with E-state index in [1.54, 1.807) is 0 Å². The minimum atomic E-state index is 0.322. The highest BCUT2D eigenvalue weighted by molar-refractivity contribution is 4.57. The first kappa shape index (κ1) is 19.9. The van der Waals surface area contributed by atoms with Crippen LogP contribution in [0.2, 0.25) is 0 Å². The highest BCUT2D eigenvalue weighted by atomic mass is 17.2. The fourth-order valence-corrected chi connectivity index (χ4v) is 2.35. The van der Waals surface area contributed by atoms with E-state index in [0.29, 0.717) is 6.10 Å². The van der Waals surface area contributed by atoms with Crippen molar-refractivity contribution in [3.8, 4) is 0 Å². The van der Waals surface area contributed by atoms with Crippen molar-refractivity contribution in [2.24, 2.45) is 0 Å². The molecule has 0 amide bonds. The SMILES string of the molecule is CCCCCCCCCC(CCCC)OOCCCC. The van der Waals surface area contributed by atoms with Crippen molar-refractivity contribution < 1.29 is 9.78 Å². The molecule has 0 heterocycles. The first-order valence-electron chi connectivity index (χ1n) is 9.13. The summed E-state index contributed by atoms with van der Waals surface area (Å²) in [6.07, 6.45) is 17.0. The second kappa shape index (κ2) is 17.0. The second-order valence-electron chi connectivity index (χ2n) is 5.95. The van der Waals surface area contributed by atoms with Gasteiger partial charge in [0.25, 0.3) is 0 Å². The zero-order valence-electron chi connectivity index (χ0n) is 14.3. The molecule has 0 aliphatic rings. The normalized spacial score (nSPS) is 12.8. The van der Waals surface area contributed by atoms with Gasteiger partial charge in [-0.1, -0.05) is 85.0 Å². The Bertz CT molecular complexity index is 171. The molecule has 0 saturated heterocycles. The van der Waals surface area contributed by atoms with Crippen molar-refractivity contribution in [3.63, 3.8) is 0 Å². The van der Waals surface area contributed by atoms with Gasteiger partial charge in [-0.15, -0.1) is 0 Å². The number of hydrogen-bond donors (Lipinski definition) is 0. The third kappa shape index (κ3) is 14.3. The van der Waals surface area contributed by atoms with Gasteiger partial charge in [-0.25, -0.2) is 9.78 Å². The van der Waals surface area contributed by atoms with Crippen LogP contribution in [0.3, 0.4) is 0 Å². The quantitative estimate of drug-likeness (QED) is 0.185. The van der Waals surface area contributed by atoms with Gasteiger partial charge in [0.2, 0.25) is 0 Å². The van der Waals surface area contributed by atoms with Gasteiger partial charge in [-0.3, -0.25) is 0 Å². The van der Waals surface area contributed by atoms with Crippen LogP contribution in [0.5, 0.6) is 0 Å². The fraction of sp³-hybridized carbons (Fsp3) is 1.00. The van der Waals surface area contributed by atoms with E-state index in [9.17, 15) is 0 Å². The van der Waals surface area contributed by atoms with Crippen LogP contribution in [0.4, 0.5) is 0 Å². The Morgan fingerprint density at radius 2 is 1.15 bits per heavy atom. The van der Waals surface area contributed by atoms with Gasteiger partial charge in [0.15, 0.2) is 0 Å². The smallest absolute Gasteiger partial charge is 0.0930 e. The molecule has 0 aromatic heterocycles. The molecule has 1 unspecified atom stereocenters. The first-order valence-corrected chi connectivity index (χ1v) is 9.13. The summed E-state index contributed by atoms with van der Waals surface area (Å²) < 4.78 is 0. The van der Waals surface area contributed by atoms with Crippen molar-refractivity contribution in [1.29, 1.82) is 0 Å². The van der Waals surface area contributed by atoms with E-state index in [1.807, 2.05) is 0 Å². The van der Waals surface area contributed by atoms with E-state index < -0.39 is 0 Å². The highest BCUT2D eigenvalue weighted by Gasteiger charge is 2.09. The summed E-state index contributed by atoms with van der Waals surface area (Å²) in [5.41, 5.74) is 0. The number of rotatable bonds is 16. The zero-order valence-corrected chi connectivity index (χ0v) is 14.3. The van der Waals surface area contributed by atoms with Crippen LogP contribution >= 0.6 is 0 Å². The van der Waals surface area contributed by atoms with Crippen LogP contribution in [-0.4, -0.2) is 12.7 Å². The highest BCUT2D eigenvalue weighted by Crippen LogP contribution is 2.15. The molecule has 0 spiro atoms. The minimum Gasteiger partial charge on any atom is -0.236 e. The molecular weight excluding hydrogens is 248 g/mol. The number of hydrogen-bond acceptors (Lipinski definition) is 2. The van der Waals surface area contributed by atoms with Crippen molar-refractivity contribution in [1.82, 2.24) is 0 Å². The molecule has 0 fully saturated rings. The van der Waals surface area contributed by atoms with E-state index in [0.717, 1.165) is 19.4 Å². The molecule has 122 valence electrons. The molecule has 2 heteroatoms. The van der Waals surface area contributed by atoms with Crippen LogP contribution < -0.4 is 0 Å². The summed E-state index contributed by atoms with van der Waals surface area (Å²) in [6.45, 7) is 7.43. The average molecular weight is 286 g/mol. The molecule has 0 rings (SSSR count). The van der Waals surface area contributed by atoms with E-state index >= 15 is 0 Å². The minimum absolute atomic E-state index is 0.322. The Balaban J connectivity index is 3.53. The van der Waals surface area contributed by atoms with Gasteiger partial charge in [0, 0.05) is 0 Å². The Morgan fingerprint density at radius 1 is 0.600 bits per heavy atom. The summed E-state index contributed by atoms with van der Waals surface area (Å²) in [7, 11) is 0. The Kier molecular flexibility index (Phi) is 16.9. The van der Waals surface area contributed by atoms with Gasteiger partial charge in [0.05, 0.1) is 12.7 Å². The van der Waals surface area contributed by atoms with Crippen LogP contribution in [0.25, 0.3) is 0 Å². The third-order valence-corrected chi connectivity index (χ3v) is 3.79. The zero-order chi connectivity index (χ0) is 14.9. The maximum Gasteiger partial charge on any atom is 0.0930 e. The molecule has 0 aliphatic carbocycles. The second-order valence-corrected chi connectivity index (χ2v) is 5.95. The van der Waals surface area contributed by atoms with E-state index in [2.05, 4.69) is 20.8 Å². The molecule has 2 nitrogen and oxygen atoms in total.